The molecule has 1 aromatic heterocycles. The molecule has 0 saturated carbocycles. The van der Waals surface area contributed by atoms with E-state index in [2.05, 4.69) is 24.0 Å². The van der Waals surface area contributed by atoms with Crippen LogP contribution in [0.5, 0.6) is 0 Å². The molecule has 0 spiro atoms. The van der Waals surface area contributed by atoms with Crippen LogP contribution < -0.4 is 0 Å². The van der Waals surface area contributed by atoms with Gasteiger partial charge in [0.25, 0.3) is 0 Å². The van der Waals surface area contributed by atoms with Gasteiger partial charge in [-0.05, 0) is 49.3 Å². The van der Waals surface area contributed by atoms with Gasteiger partial charge in [0.05, 0.1) is 23.3 Å². The Morgan fingerprint density at radius 3 is 2.04 bits per heavy atom. The quantitative estimate of drug-likeness (QED) is 0.841. The second kappa shape index (κ2) is 6.21. The summed E-state index contributed by atoms with van der Waals surface area (Å²) in [5, 5.41) is 8.49. The number of hydrogen-bond acceptors (Lipinski definition) is 4. The third kappa shape index (κ3) is 2.89. The Kier molecular flexibility index (Phi) is 4.16. The van der Waals surface area contributed by atoms with Crippen molar-refractivity contribution in [2.45, 2.75) is 68.5 Å². The number of rotatable bonds is 4. The maximum atomic E-state index is 13.2. The third-order valence-corrected chi connectivity index (χ3v) is 7.55. The van der Waals surface area contributed by atoms with E-state index in [-0.39, 0.29) is 18.1 Å². The lowest BCUT2D eigenvalue weighted by Gasteiger charge is -2.37. The first-order chi connectivity index (χ1) is 12.0. The third-order valence-electron chi connectivity index (χ3n) is 5.53. The molecule has 2 bridgehead atoms. The minimum atomic E-state index is -3.45. The molecule has 0 radical (unpaired) electrons. The normalized spacial score (nSPS) is 27.1. The summed E-state index contributed by atoms with van der Waals surface area (Å²) >= 11 is 0. The highest BCUT2D eigenvalue weighted by Crippen LogP contribution is 2.43. The minimum absolute atomic E-state index is 0.0459. The summed E-state index contributed by atoms with van der Waals surface area (Å²) in [6.45, 7) is 4.22. The number of aromatic nitrogens is 3. The zero-order valence-corrected chi connectivity index (χ0v) is 15.4. The van der Waals surface area contributed by atoms with Crippen LogP contribution in [-0.4, -0.2) is 39.8 Å². The maximum absolute atomic E-state index is 13.2. The van der Waals surface area contributed by atoms with Crippen molar-refractivity contribution in [1.82, 2.24) is 19.3 Å². The van der Waals surface area contributed by atoms with Gasteiger partial charge in [-0.2, -0.15) is 19.3 Å². The van der Waals surface area contributed by atoms with Crippen LogP contribution >= 0.6 is 0 Å². The van der Waals surface area contributed by atoms with E-state index in [1.165, 1.54) is 0 Å². The van der Waals surface area contributed by atoms with Crippen molar-refractivity contribution in [2.24, 2.45) is 0 Å². The van der Waals surface area contributed by atoms with Crippen LogP contribution in [0, 0.1) is 0 Å². The van der Waals surface area contributed by atoms with E-state index < -0.39 is 10.0 Å². The highest BCUT2D eigenvalue weighted by molar-refractivity contribution is 7.89. The molecule has 0 amide bonds. The lowest BCUT2D eigenvalue weighted by Crippen LogP contribution is -2.47. The molecule has 134 valence electrons. The lowest BCUT2D eigenvalue weighted by atomic mass is 10.0. The van der Waals surface area contributed by atoms with E-state index in [9.17, 15) is 8.42 Å². The Balaban J connectivity index is 1.59. The van der Waals surface area contributed by atoms with Gasteiger partial charge in [0.2, 0.25) is 10.0 Å². The predicted molar refractivity (Wildman–Crippen MR) is 94.7 cm³/mol. The van der Waals surface area contributed by atoms with E-state index in [0.29, 0.717) is 10.8 Å². The van der Waals surface area contributed by atoms with E-state index in [4.69, 9.17) is 0 Å². The molecule has 1 aromatic carbocycles. The van der Waals surface area contributed by atoms with Crippen molar-refractivity contribution in [3.05, 3.63) is 42.2 Å². The van der Waals surface area contributed by atoms with Crippen LogP contribution in [0.4, 0.5) is 0 Å². The van der Waals surface area contributed by atoms with E-state index in [0.717, 1.165) is 31.2 Å². The highest BCUT2D eigenvalue weighted by Gasteiger charge is 2.47. The molecule has 4 rings (SSSR count). The zero-order chi connectivity index (χ0) is 17.6. The van der Waals surface area contributed by atoms with Crippen molar-refractivity contribution in [3.8, 4) is 0 Å². The molecule has 6 nitrogen and oxygen atoms in total. The number of hydrogen-bond donors (Lipinski definition) is 0. The van der Waals surface area contributed by atoms with E-state index >= 15 is 0 Å². The van der Waals surface area contributed by atoms with Crippen LogP contribution in [0.15, 0.2) is 41.6 Å². The van der Waals surface area contributed by atoms with Gasteiger partial charge < -0.3 is 0 Å². The Bertz CT molecular complexity index is 816. The molecule has 2 atom stereocenters. The van der Waals surface area contributed by atoms with Gasteiger partial charge in [-0.3, -0.25) is 0 Å². The Morgan fingerprint density at radius 1 is 0.960 bits per heavy atom. The number of benzene rings is 1. The SMILES string of the molecule is CC(C)c1ccc(S(=O)(=O)N2C3CCC2CC(n2nccn2)C3)cc1. The fraction of sp³-hybridized carbons (Fsp3) is 0.556. The topological polar surface area (TPSA) is 68.1 Å². The Morgan fingerprint density at radius 2 is 1.52 bits per heavy atom. The van der Waals surface area contributed by atoms with Crippen molar-refractivity contribution >= 4 is 10.0 Å². The van der Waals surface area contributed by atoms with Gasteiger partial charge in [0.1, 0.15) is 0 Å². The molecule has 2 fully saturated rings. The molecule has 2 aromatic rings. The molecule has 0 N–H and O–H groups in total. The molecule has 7 heteroatoms. The molecule has 2 unspecified atom stereocenters. The maximum Gasteiger partial charge on any atom is 0.243 e. The van der Waals surface area contributed by atoms with Crippen LogP contribution in [0.25, 0.3) is 0 Å². The monoisotopic (exact) mass is 360 g/mol. The van der Waals surface area contributed by atoms with Crippen LogP contribution in [0.2, 0.25) is 0 Å². The molecule has 3 heterocycles. The van der Waals surface area contributed by atoms with Crippen molar-refractivity contribution in [2.75, 3.05) is 0 Å². The van der Waals surface area contributed by atoms with E-state index in [1.54, 1.807) is 33.6 Å². The minimum Gasteiger partial charge on any atom is -0.207 e. The molecule has 2 aliphatic rings. The van der Waals surface area contributed by atoms with Crippen LogP contribution in [0.1, 0.15) is 57.1 Å². The fourth-order valence-electron chi connectivity index (χ4n) is 4.25. The van der Waals surface area contributed by atoms with Gasteiger partial charge in [-0.25, -0.2) is 8.42 Å². The first kappa shape index (κ1) is 16.7. The molecule has 2 aliphatic heterocycles. The first-order valence-corrected chi connectivity index (χ1v) is 10.4. The van der Waals surface area contributed by atoms with Crippen molar-refractivity contribution < 1.29 is 8.42 Å². The smallest absolute Gasteiger partial charge is 0.207 e. The van der Waals surface area contributed by atoms with Crippen LogP contribution in [0.3, 0.4) is 0 Å². The van der Waals surface area contributed by atoms with Gasteiger partial charge in [0, 0.05) is 12.1 Å². The van der Waals surface area contributed by atoms with Gasteiger partial charge in [-0.15, -0.1) is 0 Å². The fourth-order valence-corrected chi connectivity index (χ4v) is 6.14. The Hall–Kier alpha value is -1.73. The first-order valence-electron chi connectivity index (χ1n) is 8.96. The van der Waals surface area contributed by atoms with Gasteiger partial charge in [0.15, 0.2) is 0 Å². The largest absolute Gasteiger partial charge is 0.243 e. The second-order valence-electron chi connectivity index (χ2n) is 7.42. The van der Waals surface area contributed by atoms with Crippen molar-refractivity contribution in [3.63, 3.8) is 0 Å². The second-order valence-corrected chi connectivity index (χ2v) is 9.26. The predicted octanol–water partition coefficient (Wildman–Crippen LogP) is 2.96. The van der Waals surface area contributed by atoms with E-state index in [1.807, 2.05) is 12.1 Å². The summed E-state index contributed by atoms with van der Waals surface area (Å²) in [6.07, 6.45) is 6.78. The standard InChI is InChI=1S/C18H24N4O2S/c1-13(2)14-3-7-18(8-4-14)25(23,24)21-15-5-6-16(21)12-17(11-15)22-19-9-10-20-22/h3-4,7-10,13,15-17H,5-6,11-12H2,1-2H3. The lowest BCUT2D eigenvalue weighted by molar-refractivity contribution is 0.174. The highest BCUT2D eigenvalue weighted by atomic mass is 32.2. The summed E-state index contributed by atoms with van der Waals surface area (Å²) in [6, 6.07) is 7.66. The molecule has 25 heavy (non-hydrogen) atoms. The molecule has 2 saturated heterocycles. The summed E-state index contributed by atoms with van der Waals surface area (Å²) in [4.78, 5) is 2.15. The molecular weight excluding hydrogens is 336 g/mol. The average molecular weight is 360 g/mol. The Labute approximate surface area is 148 Å². The summed E-state index contributed by atoms with van der Waals surface area (Å²) < 4.78 is 28.2. The summed E-state index contributed by atoms with van der Waals surface area (Å²) in [7, 11) is -3.45. The van der Waals surface area contributed by atoms with Gasteiger partial charge in [-0.1, -0.05) is 26.0 Å². The number of piperidine rings is 1. The number of nitrogens with zero attached hydrogens (tertiary/aromatic N) is 4. The van der Waals surface area contributed by atoms with Crippen LogP contribution in [-0.2, 0) is 10.0 Å². The number of sulfonamides is 1. The number of fused-ring (bicyclic) bond motifs is 2. The summed E-state index contributed by atoms with van der Waals surface area (Å²) in [5.41, 5.74) is 1.16. The molecule has 0 aliphatic carbocycles. The van der Waals surface area contributed by atoms with Crippen molar-refractivity contribution in [1.29, 1.82) is 0 Å². The van der Waals surface area contributed by atoms with Gasteiger partial charge >= 0.3 is 0 Å². The molecular formula is C18H24N4O2S. The average Bonchev–Trinajstić information content (AvgIpc) is 3.22. The summed E-state index contributed by atoms with van der Waals surface area (Å²) in [5.74, 6) is 0.394. The zero-order valence-electron chi connectivity index (χ0n) is 14.6.